The minimum Gasteiger partial charge on any atom is -0.296 e. The third-order valence-electron chi connectivity index (χ3n) is 7.82. The van der Waals surface area contributed by atoms with Gasteiger partial charge in [0.25, 0.3) is 10.2 Å². The van der Waals surface area contributed by atoms with Gasteiger partial charge in [-0.3, -0.25) is 4.90 Å². The largest absolute Gasteiger partial charge is 0.296 e. The van der Waals surface area contributed by atoms with E-state index in [-0.39, 0.29) is 30.8 Å². The Kier molecular flexibility index (Phi) is 8.30. The van der Waals surface area contributed by atoms with Crippen molar-refractivity contribution in [1.82, 2.24) is 18.2 Å². The van der Waals surface area contributed by atoms with Crippen LogP contribution in [0.4, 0.5) is 0 Å². The fraction of sp³-hybridized carbons (Fsp3) is 0.760. The van der Waals surface area contributed by atoms with Gasteiger partial charge in [0, 0.05) is 52.4 Å². The van der Waals surface area contributed by atoms with Crippen molar-refractivity contribution >= 4 is 20.2 Å². The van der Waals surface area contributed by atoms with E-state index in [9.17, 15) is 16.8 Å². The summed E-state index contributed by atoms with van der Waals surface area (Å²) in [6, 6.07) is 7.23. The highest BCUT2D eigenvalue weighted by atomic mass is 32.2. The highest BCUT2D eigenvalue weighted by molar-refractivity contribution is 7.89. The SMILES string of the molecule is CC(C)Cc1ccc2c(c1)CCN1C[C@@H]3CCCN(S(=O)(=O)CCCNS(=O)(=O)N(C)C)[C@@H]3C[C@@H]21. The molecular weight excluding hydrogens is 484 g/mol. The number of fused-ring (bicyclic) bond motifs is 4. The number of rotatable bonds is 9. The highest BCUT2D eigenvalue weighted by Crippen LogP contribution is 2.43. The maximum atomic E-state index is 13.4. The van der Waals surface area contributed by atoms with Gasteiger partial charge in [0.2, 0.25) is 10.0 Å². The smallest absolute Gasteiger partial charge is 0.278 e. The fourth-order valence-electron chi connectivity index (χ4n) is 6.11. The zero-order valence-corrected chi connectivity index (χ0v) is 23.2. The van der Waals surface area contributed by atoms with E-state index < -0.39 is 20.2 Å². The standard InChI is InChI=1S/C25H42N4O4S2/c1-19(2)15-20-8-9-23-21(16-20)10-13-28-18-22-7-5-12-29(24(22)17-25(23)28)34(30,31)14-6-11-26-35(32,33)27(3)4/h8-9,16,19,22,24-26H,5-7,10-15,17-18H2,1-4H3/t22-,24+,25-/m0/s1. The second-order valence-electron chi connectivity index (χ2n) is 11.1. The first-order chi connectivity index (χ1) is 16.5. The summed E-state index contributed by atoms with van der Waals surface area (Å²) >= 11 is 0. The van der Waals surface area contributed by atoms with E-state index in [0.29, 0.717) is 18.4 Å². The van der Waals surface area contributed by atoms with Crippen molar-refractivity contribution in [1.29, 1.82) is 0 Å². The van der Waals surface area contributed by atoms with Crippen molar-refractivity contribution < 1.29 is 16.8 Å². The Balaban J connectivity index is 1.46. The number of sulfonamides is 1. The summed E-state index contributed by atoms with van der Waals surface area (Å²) in [4.78, 5) is 2.58. The first-order valence-corrected chi connectivity index (χ1v) is 16.0. The molecule has 0 unspecified atom stereocenters. The van der Waals surface area contributed by atoms with Crippen LogP contribution in [-0.4, -0.2) is 82.4 Å². The van der Waals surface area contributed by atoms with Crippen molar-refractivity contribution in [2.24, 2.45) is 11.8 Å². The number of benzene rings is 1. The number of piperidine rings is 2. The molecule has 0 amide bonds. The lowest BCUT2D eigenvalue weighted by molar-refractivity contribution is 0.0220. The van der Waals surface area contributed by atoms with Crippen molar-refractivity contribution in [2.75, 3.05) is 46.0 Å². The summed E-state index contributed by atoms with van der Waals surface area (Å²) in [6.07, 6.45) is 5.22. The second kappa shape index (κ2) is 10.8. The predicted molar refractivity (Wildman–Crippen MR) is 140 cm³/mol. The fourth-order valence-corrected chi connectivity index (χ4v) is 8.60. The Morgan fingerprint density at radius 2 is 1.91 bits per heavy atom. The van der Waals surface area contributed by atoms with Crippen molar-refractivity contribution in [3.63, 3.8) is 0 Å². The van der Waals surface area contributed by atoms with Crippen molar-refractivity contribution in [3.8, 4) is 0 Å². The van der Waals surface area contributed by atoms with Crippen LogP contribution in [0.15, 0.2) is 18.2 Å². The average Bonchev–Trinajstić information content (AvgIpc) is 2.79. The molecule has 3 atom stereocenters. The lowest BCUT2D eigenvalue weighted by Crippen LogP contribution is -2.57. The van der Waals surface area contributed by atoms with E-state index in [1.807, 2.05) is 0 Å². The molecule has 198 valence electrons. The molecule has 3 aliphatic heterocycles. The third-order valence-corrected chi connectivity index (χ3v) is 11.3. The van der Waals surface area contributed by atoms with Crippen LogP contribution in [0.2, 0.25) is 0 Å². The van der Waals surface area contributed by atoms with Crippen LogP contribution in [-0.2, 0) is 33.1 Å². The summed E-state index contributed by atoms with van der Waals surface area (Å²) < 4.78 is 55.9. The van der Waals surface area contributed by atoms with Crippen LogP contribution in [0.25, 0.3) is 0 Å². The van der Waals surface area contributed by atoms with Gasteiger partial charge in [0.15, 0.2) is 0 Å². The lowest BCUT2D eigenvalue weighted by atomic mass is 9.77. The Morgan fingerprint density at radius 3 is 2.63 bits per heavy atom. The molecule has 8 nitrogen and oxygen atoms in total. The molecular formula is C25H42N4O4S2. The first kappa shape index (κ1) is 27.0. The van der Waals surface area contributed by atoms with E-state index >= 15 is 0 Å². The maximum absolute atomic E-state index is 13.4. The van der Waals surface area contributed by atoms with Crippen LogP contribution in [0.3, 0.4) is 0 Å². The first-order valence-electron chi connectivity index (χ1n) is 13.0. The predicted octanol–water partition coefficient (Wildman–Crippen LogP) is 2.38. The summed E-state index contributed by atoms with van der Waals surface area (Å²) in [5.74, 6) is 0.960. The summed E-state index contributed by atoms with van der Waals surface area (Å²) in [7, 11) is -4.10. The molecule has 1 N–H and O–H groups in total. The van der Waals surface area contributed by atoms with Crippen molar-refractivity contribution in [2.45, 2.75) is 64.5 Å². The minimum atomic E-state index is -3.54. The van der Waals surface area contributed by atoms with Crippen LogP contribution < -0.4 is 4.72 Å². The van der Waals surface area contributed by atoms with E-state index in [4.69, 9.17) is 0 Å². The monoisotopic (exact) mass is 526 g/mol. The molecule has 4 rings (SSSR count). The van der Waals surface area contributed by atoms with E-state index in [0.717, 1.165) is 49.5 Å². The molecule has 0 saturated carbocycles. The Bertz CT molecular complexity index is 1100. The molecule has 3 heterocycles. The molecule has 3 aliphatic rings. The Morgan fingerprint density at radius 1 is 1.14 bits per heavy atom. The molecule has 2 fully saturated rings. The maximum Gasteiger partial charge on any atom is 0.278 e. The minimum absolute atomic E-state index is 0.0229. The average molecular weight is 527 g/mol. The van der Waals surface area contributed by atoms with Crippen LogP contribution in [0, 0.1) is 11.8 Å². The third kappa shape index (κ3) is 6.10. The van der Waals surface area contributed by atoms with Gasteiger partial charge < -0.3 is 0 Å². The summed E-state index contributed by atoms with van der Waals surface area (Å²) in [5, 5.41) is 0. The van der Waals surface area contributed by atoms with Gasteiger partial charge in [0.1, 0.15) is 0 Å². The lowest BCUT2D eigenvalue weighted by Gasteiger charge is -2.51. The molecule has 0 bridgehead atoms. The van der Waals surface area contributed by atoms with Gasteiger partial charge in [-0.2, -0.15) is 17.0 Å². The summed E-state index contributed by atoms with van der Waals surface area (Å²) in [6.45, 7) is 7.18. The van der Waals surface area contributed by atoms with Gasteiger partial charge in [-0.15, -0.1) is 0 Å². The molecule has 1 aromatic carbocycles. The van der Waals surface area contributed by atoms with E-state index in [1.54, 1.807) is 4.31 Å². The molecule has 0 aromatic heterocycles. The topological polar surface area (TPSA) is 90.0 Å². The normalized spacial score (nSPS) is 25.9. The molecule has 10 heteroatoms. The van der Waals surface area contributed by atoms with Gasteiger partial charge in [-0.25, -0.2) is 13.1 Å². The van der Waals surface area contributed by atoms with Crippen LogP contribution >= 0.6 is 0 Å². The quantitative estimate of drug-likeness (QED) is 0.499. The second-order valence-corrected chi connectivity index (χ2v) is 15.1. The summed E-state index contributed by atoms with van der Waals surface area (Å²) in [5.41, 5.74) is 4.21. The molecule has 0 spiro atoms. The number of hydrogen-bond acceptors (Lipinski definition) is 5. The van der Waals surface area contributed by atoms with Crippen LogP contribution in [0.5, 0.6) is 0 Å². The molecule has 2 saturated heterocycles. The Labute approximate surface area is 212 Å². The van der Waals surface area contributed by atoms with Crippen LogP contribution in [0.1, 0.15) is 62.3 Å². The van der Waals surface area contributed by atoms with Gasteiger partial charge >= 0.3 is 0 Å². The number of nitrogens with zero attached hydrogens (tertiary/aromatic N) is 3. The molecule has 35 heavy (non-hydrogen) atoms. The van der Waals surface area contributed by atoms with Gasteiger partial charge in [0.05, 0.1) is 5.75 Å². The highest BCUT2D eigenvalue weighted by Gasteiger charge is 2.45. The molecule has 1 aromatic rings. The van der Waals surface area contributed by atoms with Crippen molar-refractivity contribution in [3.05, 3.63) is 34.9 Å². The Hall–Kier alpha value is -1.04. The zero-order valence-electron chi connectivity index (χ0n) is 21.6. The molecule has 0 aliphatic carbocycles. The number of nitrogens with one attached hydrogen (secondary N) is 1. The van der Waals surface area contributed by atoms with E-state index in [1.165, 1.54) is 30.8 Å². The van der Waals surface area contributed by atoms with E-state index in [2.05, 4.69) is 41.7 Å². The molecule has 0 radical (unpaired) electrons. The van der Waals surface area contributed by atoms with Gasteiger partial charge in [-0.1, -0.05) is 32.0 Å². The van der Waals surface area contributed by atoms with Gasteiger partial charge in [-0.05, 0) is 67.1 Å². The number of hydrogen-bond donors (Lipinski definition) is 1. The zero-order chi connectivity index (χ0) is 25.4.